The summed E-state index contributed by atoms with van der Waals surface area (Å²) < 4.78 is 1.90. The highest BCUT2D eigenvalue weighted by molar-refractivity contribution is 5.09. The lowest BCUT2D eigenvalue weighted by Gasteiger charge is -2.16. The molecular weight excluding hydrogens is 176 g/mol. The zero-order chi connectivity index (χ0) is 10.7. The largest absolute Gasteiger partial charge is 0.393 e. The van der Waals surface area contributed by atoms with E-state index in [-0.39, 0.29) is 6.10 Å². The molecule has 1 aromatic heterocycles. The molecule has 0 amide bonds. The van der Waals surface area contributed by atoms with Crippen molar-refractivity contribution >= 4 is 0 Å². The Bertz CT molecular complexity index is 293. The molecule has 0 bridgehead atoms. The predicted molar refractivity (Wildman–Crippen MR) is 57.1 cm³/mol. The summed E-state index contributed by atoms with van der Waals surface area (Å²) >= 11 is 0. The van der Waals surface area contributed by atoms with E-state index in [1.54, 1.807) is 0 Å². The predicted octanol–water partition coefficient (Wildman–Crippen LogP) is 1.68. The molecule has 1 N–H and O–H groups in total. The summed E-state index contributed by atoms with van der Waals surface area (Å²) in [4.78, 5) is 0. The van der Waals surface area contributed by atoms with Crippen LogP contribution in [-0.4, -0.2) is 21.0 Å². The number of hydrogen-bond donors (Lipinski definition) is 1. The van der Waals surface area contributed by atoms with Gasteiger partial charge in [-0.2, -0.15) is 5.10 Å². The third kappa shape index (κ3) is 2.58. The first-order chi connectivity index (χ1) is 6.54. The minimum Gasteiger partial charge on any atom is -0.393 e. The number of nitrogens with zero attached hydrogens (tertiary/aromatic N) is 2. The quantitative estimate of drug-likeness (QED) is 0.795. The number of hydrogen-bond acceptors (Lipinski definition) is 2. The summed E-state index contributed by atoms with van der Waals surface area (Å²) in [5.74, 6) is 0.301. The van der Waals surface area contributed by atoms with Gasteiger partial charge in [-0.3, -0.25) is 4.68 Å². The smallest absolute Gasteiger partial charge is 0.0596 e. The molecule has 0 radical (unpaired) electrons. The van der Waals surface area contributed by atoms with Crippen molar-refractivity contribution in [2.45, 2.75) is 39.7 Å². The van der Waals surface area contributed by atoms with Crippen molar-refractivity contribution in [1.82, 2.24) is 9.78 Å². The van der Waals surface area contributed by atoms with Gasteiger partial charge < -0.3 is 5.11 Å². The lowest BCUT2D eigenvalue weighted by molar-refractivity contribution is 0.112. The van der Waals surface area contributed by atoms with Gasteiger partial charge in [-0.05, 0) is 31.7 Å². The molecular formula is C11H20N2O. The Morgan fingerprint density at radius 1 is 1.57 bits per heavy atom. The lowest BCUT2D eigenvalue weighted by atomic mass is 9.97. The molecule has 80 valence electrons. The van der Waals surface area contributed by atoms with Gasteiger partial charge in [0.1, 0.15) is 0 Å². The van der Waals surface area contributed by atoms with Gasteiger partial charge in [0.25, 0.3) is 0 Å². The molecule has 1 aromatic rings. The molecule has 3 heteroatoms. The molecule has 1 rings (SSSR count). The standard InChI is InChI=1S/C11H20N2O/c1-5-11(14)8(2)6-10-7-9(3)12-13(10)4/h7-8,11,14H,5-6H2,1-4H3. The van der Waals surface area contributed by atoms with E-state index in [2.05, 4.69) is 18.1 Å². The van der Waals surface area contributed by atoms with Crippen LogP contribution in [0.1, 0.15) is 31.7 Å². The van der Waals surface area contributed by atoms with Crippen LogP contribution in [-0.2, 0) is 13.5 Å². The molecule has 2 unspecified atom stereocenters. The fourth-order valence-corrected chi connectivity index (χ4v) is 1.72. The number of aromatic nitrogens is 2. The molecule has 1 heterocycles. The van der Waals surface area contributed by atoms with Crippen molar-refractivity contribution in [2.75, 3.05) is 0 Å². The summed E-state index contributed by atoms with van der Waals surface area (Å²) in [6.07, 6.45) is 1.51. The van der Waals surface area contributed by atoms with Crippen molar-refractivity contribution in [3.8, 4) is 0 Å². The maximum Gasteiger partial charge on any atom is 0.0596 e. The first-order valence-electron chi connectivity index (χ1n) is 5.22. The van der Waals surface area contributed by atoms with Gasteiger partial charge in [-0.15, -0.1) is 0 Å². The second-order valence-electron chi connectivity index (χ2n) is 4.06. The Balaban J connectivity index is 2.64. The number of aliphatic hydroxyl groups is 1. The molecule has 0 spiro atoms. The third-order valence-electron chi connectivity index (χ3n) is 2.71. The fraction of sp³-hybridized carbons (Fsp3) is 0.727. The van der Waals surface area contributed by atoms with Crippen LogP contribution in [0.4, 0.5) is 0 Å². The Kier molecular flexibility index (Phi) is 3.69. The number of aliphatic hydroxyl groups excluding tert-OH is 1. The second kappa shape index (κ2) is 4.60. The van der Waals surface area contributed by atoms with Crippen molar-refractivity contribution < 1.29 is 5.11 Å². The van der Waals surface area contributed by atoms with Crippen LogP contribution in [0.25, 0.3) is 0 Å². The van der Waals surface area contributed by atoms with Crippen molar-refractivity contribution in [3.63, 3.8) is 0 Å². The molecule has 0 aliphatic heterocycles. The zero-order valence-corrected chi connectivity index (χ0v) is 9.49. The van der Waals surface area contributed by atoms with Crippen LogP contribution in [0.3, 0.4) is 0 Å². The monoisotopic (exact) mass is 196 g/mol. The van der Waals surface area contributed by atoms with Crippen LogP contribution < -0.4 is 0 Å². The normalized spacial score (nSPS) is 15.5. The van der Waals surface area contributed by atoms with E-state index in [1.807, 2.05) is 25.6 Å². The second-order valence-corrected chi connectivity index (χ2v) is 4.06. The average Bonchev–Trinajstić information content (AvgIpc) is 2.44. The molecule has 0 aliphatic rings. The molecule has 0 saturated carbocycles. The van der Waals surface area contributed by atoms with Crippen molar-refractivity contribution in [2.24, 2.45) is 13.0 Å². The summed E-state index contributed by atoms with van der Waals surface area (Å²) in [6.45, 7) is 6.08. The van der Waals surface area contributed by atoms with E-state index in [4.69, 9.17) is 0 Å². The van der Waals surface area contributed by atoms with Crippen LogP contribution in [0.5, 0.6) is 0 Å². The Morgan fingerprint density at radius 3 is 2.64 bits per heavy atom. The average molecular weight is 196 g/mol. The SMILES string of the molecule is CCC(O)C(C)Cc1cc(C)nn1C. The summed E-state index contributed by atoms with van der Waals surface area (Å²) in [6, 6.07) is 2.08. The number of rotatable bonds is 4. The van der Waals surface area contributed by atoms with Gasteiger partial charge in [0.2, 0.25) is 0 Å². The van der Waals surface area contributed by atoms with Crippen molar-refractivity contribution in [1.29, 1.82) is 0 Å². The molecule has 0 fully saturated rings. The van der Waals surface area contributed by atoms with Gasteiger partial charge in [-0.1, -0.05) is 13.8 Å². The van der Waals surface area contributed by atoms with Crippen LogP contribution in [0.2, 0.25) is 0 Å². The molecule has 0 saturated heterocycles. The topological polar surface area (TPSA) is 38.1 Å². The van der Waals surface area contributed by atoms with Crippen LogP contribution in [0, 0.1) is 12.8 Å². The Hall–Kier alpha value is -0.830. The molecule has 0 aliphatic carbocycles. The minimum atomic E-state index is -0.204. The first-order valence-corrected chi connectivity index (χ1v) is 5.22. The van der Waals surface area contributed by atoms with E-state index >= 15 is 0 Å². The van der Waals surface area contributed by atoms with Gasteiger partial charge in [-0.25, -0.2) is 0 Å². The highest BCUT2D eigenvalue weighted by atomic mass is 16.3. The Morgan fingerprint density at radius 2 is 2.21 bits per heavy atom. The summed E-state index contributed by atoms with van der Waals surface area (Å²) in [5, 5.41) is 13.9. The first kappa shape index (κ1) is 11.2. The van der Waals surface area contributed by atoms with E-state index in [1.165, 1.54) is 5.69 Å². The maximum atomic E-state index is 9.66. The third-order valence-corrected chi connectivity index (χ3v) is 2.71. The van der Waals surface area contributed by atoms with Gasteiger partial charge in [0.15, 0.2) is 0 Å². The zero-order valence-electron chi connectivity index (χ0n) is 9.49. The van der Waals surface area contributed by atoms with E-state index in [9.17, 15) is 5.11 Å². The number of aryl methyl sites for hydroxylation is 2. The highest BCUT2D eigenvalue weighted by Crippen LogP contribution is 2.14. The van der Waals surface area contributed by atoms with Gasteiger partial charge in [0.05, 0.1) is 11.8 Å². The molecule has 3 nitrogen and oxygen atoms in total. The molecule has 14 heavy (non-hydrogen) atoms. The summed E-state index contributed by atoms with van der Waals surface area (Å²) in [7, 11) is 1.95. The van der Waals surface area contributed by atoms with Crippen LogP contribution in [0.15, 0.2) is 6.07 Å². The molecule has 2 atom stereocenters. The highest BCUT2D eigenvalue weighted by Gasteiger charge is 2.14. The van der Waals surface area contributed by atoms with Gasteiger partial charge in [0, 0.05) is 12.7 Å². The maximum absolute atomic E-state index is 9.66. The summed E-state index contributed by atoms with van der Waals surface area (Å²) in [5.41, 5.74) is 2.24. The van der Waals surface area contributed by atoms with Gasteiger partial charge >= 0.3 is 0 Å². The van der Waals surface area contributed by atoms with E-state index in [0.717, 1.165) is 18.5 Å². The van der Waals surface area contributed by atoms with Crippen molar-refractivity contribution in [3.05, 3.63) is 17.5 Å². The fourth-order valence-electron chi connectivity index (χ4n) is 1.72. The molecule has 0 aromatic carbocycles. The van der Waals surface area contributed by atoms with Crippen LogP contribution >= 0.6 is 0 Å². The lowest BCUT2D eigenvalue weighted by Crippen LogP contribution is -2.19. The minimum absolute atomic E-state index is 0.204. The Labute approximate surface area is 85.8 Å². The van der Waals surface area contributed by atoms with E-state index in [0.29, 0.717) is 5.92 Å². The van der Waals surface area contributed by atoms with E-state index < -0.39 is 0 Å².